The van der Waals surface area contributed by atoms with Crippen molar-refractivity contribution < 1.29 is 9.53 Å². The van der Waals surface area contributed by atoms with E-state index in [9.17, 15) is 4.79 Å². The van der Waals surface area contributed by atoms with Crippen LogP contribution in [0.3, 0.4) is 0 Å². The quantitative estimate of drug-likeness (QED) is 0.862. The third-order valence-electron chi connectivity index (χ3n) is 3.36. The maximum atomic E-state index is 12.4. The van der Waals surface area contributed by atoms with Crippen molar-refractivity contribution in [1.82, 2.24) is 0 Å². The van der Waals surface area contributed by atoms with Crippen LogP contribution in [0, 0.1) is 0 Å². The molecule has 0 bridgehead atoms. The van der Waals surface area contributed by atoms with E-state index in [1.165, 1.54) is 0 Å². The molecular weight excluding hydrogens is 262 g/mol. The molecule has 2 aromatic carbocycles. The third-order valence-corrected chi connectivity index (χ3v) is 3.36. The maximum absolute atomic E-state index is 12.4. The van der Waals surface area contributed by atoms with Gasteiger partial charge in [0.15, 0.2) is 0 Å². The van der Waals surface area contributed by atoms with Gasteiger partial charge in [0.05, 0.1) is 12.5 Å². The van der Waals surface area contributed by atoms with Crippen molar-refractivity contribution in [2.45, 2.75) is 26.2 Å². The van der Waals surface area contributed by atoms with Crippen LogP contribution in [0.4, 0.5) is 5.69 Å². The molecule has 0 aromatic heterocycles. The topological polar surface area (TPSA) is 38.3 Å². The van der Waals surface area contributed by atoms with Gasteiger partial charge in [-0.2, -0.15) is 0 Å². The molecule has 1 unspecified atom stereocenters. The predicted octanol–water partition coefficient (Wildman–Crippen LogP) is 4.22. The van der Waals surface area contributed by atoms with E-state index in [0.717, 1.165) is 23.4 Å². The molecule has 1 atom stereocenters. The largest absolute Gasteiger partial charge is 0.494 e. The molecule has 110 valence electrons. The van der Waals surface area contributed by atoms with Crippen LogP contribution in [-0.4, -0.2) is 12.5 Å². The van der Waals surface area contributed by atoms with Gasteiger partial charge in [-0.15, -0.1) is 0 Å². The Kier molecular flexibility index (Phi) is 5.38. The highest BCUT2D eigenvalue weighted by atomic mass is 16.5. The summed E-state index contributed by atoms with van der Waals surface area (Å²) in [7, 11) is 0. The fourth-order valence-electron chi connectivity index (χ4n) is 2.29. The lowest BCUT2D eigenvalue weighted by Crippen LogP contribution is -2.20. The summed E-state index contributed by atoms with van der Waals surface area (Å²) in [5, 5.41) is 2.97. The Bertz CT molecular complexity index is 564. The summed E-state index contributed by atoms with van der Waals surface area (Å²) in [4.78, 5) is 12.4. The number of carbonyl (C=O) groups is 1. The van der Waals surface area contributed by atoms with Crippen molar-refractivity contribution in [2.24, 2.45) is 0 Å². The van der Waals surface area contributed by atoms with Gasteiger partial charge in [0.2, 0.25) is 5.91 Å². The average molecular weight is 283 g/mol. The first-order chi connectivity index (χ1) is 10.2. The Balaban J connectivity index is 2.05. The van der Waals surface area contributed by atoms with Crippen molar-refractivity contribution in [3.05, 3.63) is 60.2 Å². The van der Waals surface area contributed by atoms with E-state index in [1.807, 2.05) is 68.4 Å². The summed E-state index contributed by atoms with van der Waals surface area (Å²) in [5.74, 6) is 0.705. The molecule has 1 N–H and O–H groups in total. The number of ether oxygens (including phenoxy) is 1. The SMILES string of the molecule is CCOc1ccc(NC(=O)C(CC)c2ccccc2)cc1. The minimum atomic E-state index is -0.127. The Labute approximate surface area is 126 Å². The van der Waals surface area contributed by atoms with E-state index in [1.54, 1.807) is 0 Å². The number of hydrogen-bond donors (Lipinski definition) is 1. The molecule has 2 rings (SSSR count). The van der Waals surface area contributed by atoms with Gasteiger partial charge in [0, 0.05) is 5.69 Å². The van der Waals surface area contributed by atoms with Gasteiger partial charge in [-0.3, -0.25) is 4.79 Å². The van der Waals surface area contributed by atoms with Crippen LogP contribution in [0.5, 0.6) is 5.75 Å². The second kappa shape index (κ2) is 7.48. The minimum absolute atomic E-state index is 0.0212. The molecule has 0 fully saturated rings. The Hall–Kier alpha value is -2.29. The summed E-state index contributed by atoms with van der Waals surface area (Å²) in [6.07, 6.45) is 0.771. The van der Waals surface area contributed by atoms with Gasteiger partial charge in [-0.1, -0.05) is 37.3 Å². The van der Waals surface area contributed by atoms with Crippen molar-refractivity contribution in [3.8, 4) is 5.75 Å². The number of amides is 1. The van der Waals surface area contributed by atoms with Crippen LogP contribution in [0.15, 0.2) is 54.6 Å². The molecular formula is C18H21NO2. The second-order valence-electron chi connectivity index (χ2n) is 4.82. The molecule has 0 aliphatic carbocycles. The summed E-state index contributed by atoms with van der Waals surface area (Å²) in [5.41, 5.74) is 1.83. The zero-order valence-electron chi connectivity index (χ0n) is 12.5. The summed E-state index contributed by atoms with van der Waals surface area (Å²) in [6.45, 7) is 4.61. The zero-order chi connectivity index (χ0) is 15.1. The van der Waals surface area contributed by atoms with Gasteiger partial charge < -0.3 is 10.1 Å². The molecule has 2 aromatic rings. The number of carbonyl (C=O) groups excluding carboxylic acids is 1. The average Bonchev–Trinajstić information content (AvgIpc) is 2.51. The highest BCUT2D eigenvalue weighted by Crippen LogP contribution is 2.22. The molecule has 0 aliphatic rings. The lowest BCUT2D eigenvalue weighted by molar-refractivity contribution is -0.117. The molecule has 0 aliphatic heterocycles. The van der Waals surface area contributed by atoms with Crippen LogP contribution in [0.1, 0.15) is 31.7 Å². The van der Waals surface area contributed by atoms with Crippen molar-refractivity contribution in [2.75, 3.05) is 11.9 Å². The standard InChI is InChI=1S/C18H21NO2/c1-3-17(14-8-6-5-7-9-14)18(20)19-15-10-12-16(13-11-15)21-4-2/h5-13,17H,3-4H2,1-2H3,(H,19,20). The Morgan fingerprint density at radius 3 is 2.29 bits per heavy atom. The molecule has 0 spiro atoms. The van der Waals surface area contributed by atoms with Crippen LogP contribution < -0.4 is 10.1 Å². The minimum Gasteiger partial charge on any atom is -0.494 e. The first kappa shape index (κ1) is 15.1. The lowest BCUT2D eigenvalue weighted by atomic mass is 9.95. The van der Waals surface area contributed by atoms with E-state index in [2.05, 4.69) is 5.32 Å². The zero-order valence-corrected chi connectivity index (χ0v) is 12.5. The van der Waals surface area contributed by atoms with E-state index >= 15 is 0 Å². The summed E-state index contributed by atoms with van der Waals surface area (Å²) < 4.78 is 5.39. The predicted molar refractivity (Wildman–Crippen MR) is 85.7 cm³/mol. The van der Waals surface area contributed by atoms with E-state index in [0.29, 0.717) is 6.61 Å². The normalized spacial score (nSPS) is 11.7. The van der Waals surface area contributed by atoms with Crippen molar-refractivity contribution in [1.29, 1.82) is 0 Å². The first-order valence-electron chi connectivity index (χ1n) is 7.33. The van der Waals surface area contributed by atoms with Gasteiger partial charge in [0.1, 0.15) is 5.75 Å². The number of rotatable bonds is 6. The molecule has 0 radical (unpaired) electrons. The highest BCUT2D eigenvalue weighted by molar-refractivity contribution is 5.95. The van der Waals surface area contributed by atoms with Crippen LogP contribution in [-0.2, 0) is 4.79 Å². The highest BCUT2D eigenvalue weighted by Gasteiger charge is 2.18. The number of anilines is 1. The van der Waals surface area contributed by atoms with Gasteiger partial charge in [-0.25, -0.2) is 0 Å². The van der Waals surface area contributed by atoms with Crippen molar-refractivity contribution >= 4 is 11.6 Å². The Morgan fingerprint density at radius 1 is 1.05 bits per heavy atom. The molecule has 3 nitrogen and oxygen atoms in total. The van der Waals surface area contributed by atoms with Gasteiger partial charge in [0.25, 0.3) is 0 Å². The van der Waals surface area contributed by atoms with E-state index < -0.39 is 0 Å². The number of nitrogens with one attached hydrogen (secondary N) is 1. The van der Waals surface area contributed by atoms with E-state index in [4.69, 9.17) is 4.74 Å². The van der Waals surface area contributed by atoms with Crippen LogP contribution in [0.2, 0.25) is 0 Å². The number of benzene rings is 2. The van der Waals surface area contributed by atoms with Gasteiger partial charge in [-0.05, 0) is 43.2 Å². The lowest BCUT2D eigenvalue weighted by Gasteiger charge is -2.15. The first-order valence-corrected chi connectivity index (χ1v) is 7.33. The van der Waals surface area contributed by atoms with E-state index in [-0.39, 0.29) is 11.8 Å². The fourth-order valence-corrected chi connectivity index (χ4v) is 2.29. The summed E-state index contributed by atoms with van der Waals surface area (Å²) in [6, 6.07) is 17.3. The molecule has 3 heteroatoms. The smallest absolute Gasteiger partial charge is 0.231 e. The Morgan fingerprint density at radius 2 is 1.71 bits per heavy atom. The third kappa shape index (κ3) is 4.09. The molecule has 0 saturated carbocycles. The van der Waals surface area contributed by atoms with Crippen molar-refractivity contribution in [3.63, 3.8) is 0 Å². The number of hydrogen-bond acceptors (Lipinski definition) is 2. The molecule has 0 saturated heterocycles. The second-order valence-corrected chi connectivity index (χ2v) is 4.82. The fraction of sp³-hybridized carbons (Fsp3) is 0.278. The van der Waals surface area contributed by atoms with Crippen LogP contribution in [0.25, 0.3) is 0 Å². The maximum Gasteiger partial charge on any atom is 0.231 e. The summed E-state index contributed by atoms with van der Waals surface area (Å²) >= 11 is 0. The molecule has 1 amide bonds. The van der Waals surface area contributed by atoms with Gasteiger partial charge >= 0.3 is 0 Å². The van der Waals surface area contributed by atoms with Crippen LogP contribution >= 0.6 is 0 Å². The molecule has 0 heterocycles. The molecule has 21 heavy (non-hydrogen) atoms. The monoisotopic (exact) mass is 283 g/mol.